The van der Waals surface area contributed by atoms with E-state index in [4.69, 9.17) is 16.6 Å². The van der Waals surface area contributed by atoms with Gasteiger partial charge in [0, 0.05) is 28.3 Å². The fraction of sp³-hybridized carbons (Fsp3) is 0.133. The van der Waals surface area contributed by atoms with E-state index in [2.05, 4.69) is 0 Å². The molecule has 1 aliphatic rings. The van der Waals surface area contributed by atoms with Crippen LogP contribution in [0, 0.1) is 0 Å². The van der Waals surface area contributed by atoms with Gasteiger partial charge in [-0.2, -0.15) is 0 Å². The molecule has 0 bridgehead atoms. The number of unbranched alkanes of at least 4 members (excludes halogenated alkanes) is 1. The standard InChI is InChI=1S/C30H22ClN3O3S2/c31-20-14-12-19(13-15-20)24-18-39-26-25(24)29(37)34(21-8-2-1-3-9-21)30(32-26)38-17-7-6-16-33-27(35)22-10-4-5-11-23(22)28(33)36/h1-5,8-15,18H,6-7,16-17H2. The summed E-state index contributed by atoms with van der Waals surface area (Å²) in [7, 11) is 0. The molecule has 194 valence electrons. The van der Waals surface area contributed by atoms with Crippen molar-refractivity contribution in [3.05, 3.63) is 111 Å². The van der Waals surface area contributed by atoms with Crippen molar-refractivity contribution in [2.45, 2.75) is 18.0 Å². The van der Waals surface area contributed by atoms with Crippen molar-refractivity contribution in [1.82, 2.24) is 14.5 Å². The van der Waals surface area contributed by atoms with Crippen molar-refractivity contribution in [2.75, 3.05) is 12.3 Å². The minimum atomic E-state index is -0.234. The van der Waals surface area contributed by atoms with Gasteiger partial charge in [-0.1, -0.05) is 65.8 Å². The van der Waals surface area contributed by atoms with Crippen LogP contribution in [0.4, 0.5) is 0 Å². The minimum absolute atomic E-state index is 0.120. The van der Waals surface area contributed by atoms with Crippen molar-refractivity contribution < 1.29 is 9.59 Å². The highest BCUT2D eigenvalue weighted by molar-refractivity contribution is 7.99. The number of carbonyl (C=O) groups excluding carboxylic acids is 2. The molecule has 0 saturated heterocycles. The van der Waals surface area contributed by atoms with Gasteiger partial charge in [0.15, 0.2) is 5.16 Å². The van der Waals surface area contributed by atoms with Crippen LogP contribution in [-0.4, -0.2) is 38.6 Å². The molecule has 0 spiro atoms. The Balaban J connectivity index is 1.23. The Bertz CT molecular complexity index is 1730. The van der Waals surface area contributed by atoms with Crippen LogP contribution >= 0.6 is 34.7 Å². The Hall–Kier alpha value is -3.72. The summed E-state index contributed by atoms with van der Waals surface area (Å²) in [5.74, 6) is 0.216. The maximum absolute atomic E-state index is 13.9. The monoisotopic (exact) mass is 571 g/mol. The molecule has 2 amide bonds. The third-order valence-corrected chi connectivity index (χ3v) is 8.78. The van der Waals surface area contributed by atoms with E-state index < -0.39 is 0 Å². The number of carbonyl (C=O) groups is 2. The molecule has 6 nitrogen and oxygen atoms in total. The summed E-state index contributed by atoms with van der Waals surface area (Å²) >= 11 is 9.03. The molecule has 0 aliphatic carbocycles. The quantitative estimate of drug-likeness (QED) is 0.0873. The number of amides is 2. The minimum Gasteiger partial charge on any atom is -0.274 e. The largest absolute Gasteiger partial charge is 0.274 e. The number of rotatable bonds is 8. The summed E-state index contributed by atoms with van der Waals surface area (Å²) in [6.07, 6.45) is 1.41. The summed E-state index contributed by atoms with van der Waals surface area (Å²) in [6.45, 7) is 0.361. The molecule has 6 rings (SSSR count). The second kappa shape index (κ2) is 10.8. The number of hydrogen-bond donors (Lipinski definition) is 0. The molecule has 0 radical (unpaired) electrons. The average Bonchev–Trinajstić information content (AvgIpc) is 3.49. The molecular weight excluding hydrogens is 550 g/mol. The van der Waals surface area contributed by atoms with Crippen molar-refractivity contribution in [1.29, 1.82) is 0 Å². The van der Waals surface area contributed by atoms with Crippen molar-refractivity contribution in [3.8, 4) is 16.8 Å². The van der Waals surface area contributed by atoms with Gasteiger partial charge in [0.2, 0.25) is 0 Å². The van der Waals surface area contributed by atoms with E-state index in [1.54, 1.807) is 28.8 Å². The Kier molecular flexibility index (Phi) is 7.08. The summed E-state index contributed by atoms with van der Waals surface area (Å²) in [4.78, 5) is 46.1. The lowest BCUT2D eigenvalue weighted by Crippen LogP contribution is -2.30. The van der Waals surface area contributed by atoms with Crippen molar-refractivity contribution in [3.63, 3.8) is 0 Å². The van der Waals surface area contributed by atoms with Gasteiger partial charge in [-0.05, 0) is 54.8 Å². The Morgan fingerprint density at radius 3 is 2.15 bits per heavy atom. The molecule has 3 aromatic carbocycles. The summed E-state index contributed by atoms with van der Waals surface area (Å²) in [5, 5.41) is 3.80. The molecule has 0 saturated carbocycles. The molecule has 39 heavy (non-hydrogen) atoms. The second-order valence-electron chi connectivity index (χ2n) is 9.07. The first-order valence-electron chi connectivity index (χ1n) is 12.5. The van der Waals surface area contributed by atoms with Crippen LogP contribution < -0.4 is 5.56 Å². The van der Waals surface area contributed by atoms with E-state index in [9.17, 15) is 14.4 Å². The number of benzene rings is 3. The number of thiophene rings is 1. The number of fused-ring (bicyclic) bond motifs is 2. The number of halogens is 1. The lowest BCUT2D eigenvalue weighted by Gasteiger charge is -2.14. The first-order chi connectivity index (χ1) is 19.0. The van der Waals surface area contributed by atoms with Gasteiger partial charge in [-0.3, -0.25) is 23.9 Å². The third-order valence-electron chi connectivity index (χ3n) is 6.63. The van der Waals surface area contributed by atoms with E-state index in [0.717, 1.165) is 23.2 Å². The van der Waals surface area contributed by atoms with Crippen LogP contribution in [0.3, 0.4) is 0 Å². The van der Waals surface area contributed by atoms with E-state index >= 15 is 0 Å². The number of para-hydroxylation sites is 1. The van der Waals surface area contributed by atoms with E-state index in [0.29, 0.717) is 50.2 Å². The molecule has 9 heteroatoms. The zero-order valence-electron chi connectivity index (χ0n) is 20.7. The Labute approximate surface area is 237 Å². The predicted octanol–water partition coefficient (Wildman–Crippen LogP) is 6.94. The van der Waals surface area contributed by atoms with E-state index in [1.165, 1.54) is 28.0 Å². The number of hydrogen-bond acceptors (Lipinski definition) is 6. The Morgan fingerprint density at radius 2 is 1.46 bits per heavy atom. The van der Waals surface area contributed by atoms with Gasteiger partial charge < -0.3 is 0 Å². The highest BCUT2D eigenvalue weighted by atomic mass is 35.5. The lowest BCUT2D eigenvalue weighted by molar-refractivity contribution is 0.0652. The molecule has 0 N–H and O–H groups in total. The first-order valence-corrected chi connectivity index (χ1v) is 14.7. The Morgan fingerprint density at radius 1 is 0.795 bits per heavy atom. The zero-order chi connectivity index (χ0) is 26.9. The zero-order valence-corrected chi connectivity index (χ0v) is 23.1. The van der Waals surface area contributed by atoms with Gasteiger partial charge >= 0.3 is 0 Å². The molecule has 0 unspecified atom stereocenters. The highest BCUT2D eigenvalue weighted by Gasteiger charge is 2.34. The van der Waals surface area contributed by atoms with Crippen molar-refractivity contribution in [2.24, 2.45) is 0 Å². The number of imide groups is 1. The smallest absolute Gasteiger partial charge is 0.268 e. The fourth-order valence-electron chi connectivity index (χ4n) is 4.69. The average molecular weight is 572 g/mol. The van der Waals surface area contributed by atoms with Gasteiger partial charge in [-0.25, -0.2) is 4.98 Å². The van der Waals surface area contributed by atoms with E-state index in [1.807, 2.05) is 60.0 Å². The maximum atomic E-state index is 13.9. The topological polar surface area (TPSA) is 72.3 Å². The molecule has 2 aromatic heterocycles. The predicted molar refractivity (Wildman–Crippen MR) is 157 cm³/mol. The van der Waals surface area contributed by atoms with Crippen LogP contribution in [0.5, 0.6) is 0 Å². The molecule has 3 heterocycles. The fourth-order valence-corrected chi connectivity index (χ4v) is 6.82. The third kappa shape index (κ3) is 4.80. The van der Waals surface area contributed by atoms with Crippen LogP contribution in [0.1, 0.15) is 33.6 Å². The van der Waals surface area contributed by atoms with Gasteiger partial charge in [0.25, 0.3) is 17.4 Å². The summed E-state index contributed by atoms with van der Waals surface area (Å²) < 4.78 is 1.67. The van der Waals surface area contributed by atoms with Crippen LogP contribution in [0.2, 0.25) is 5.02 Å². The van der Waals surface area contributed by atoms with Crippen LogP contribution in [0.15, 0.2) is 94.2 Å². The van der Waals surface area contributed by atoms with Crippen LogP contribution in [0.25, 0.3) is 27.0 Å². The molecular formula is C30H22ClN3O3S2. The number of nitrogens with zero attached hydrogens (tertiary/aromatic N) is 3. The molecule has 0 atom stereocenters. The summed E-state index contributed by atoms with van der Waals surface area (Å²) in [6, 6.07) is 23.9. The van der Waals surface area contributed by atoms with Gasteiger partial charge in [0.05, 0.1) is 22.2 Å². The highest BCUT2D eigenvalue weighted by Crippen LogP contribution is 2.34. The molecule has 0 fully saturated rings. The normalized spacial score (nSPS) is 12.9. The number of thioether (sulfide) groups is 1. The van der Waals surface area contributed by atoms with Gasteiger partial charge in [-0.15, -0.1) is 11.3 Å². The second-order valence-corrected chi connectivity index (χ2v) is 11.4. The molecule has 1 aliphatic heterocycles. The van der Waals surface area contributed by atoms with Gasteiger partial charge in [0.1, 0.15) is 4.83 Å². The first kappa shape index (κ1) is 25.6. The van der Waals surface area contributed by atoms with Crippen LogP contribution in [-0.2, 0) is 0 Å². The SMILES string of the molecule is O=C1c2ccccc2C(=O)N1CCCCSc1nc2scc(-c3ccc(Cl)cc3)c2c(=O)n1-c1ccccc1. The molecule has 5 aromatic rings. The lowest BCUT2D eigenvalue weighted by atomic mass is 10.1. The van der Waals surface area contributed by atoms with E-state index in [-0.39, 0.29) is 17.4 Å². The van der Waals surface area contributed by atoms with Crippen molar-refractivity contribution >= 4 is 56.7 Å². The number of aromatic nitrogens is 2. The maximum Gasteiger partial charge on any atom is 0.268 e. The summed E-state index contributed by atoms with van der Waals surface area (Å²) in [5.41, 5.74) is 3.32.